The highest BCUT2D eigenvalue weighted by Gasteiger charge is 2.20. The van der Waals surface area contributed by atoms with Crippen molar-refractivity contribution in [3.8, 4) is 51.0 Å². The number of fused-ring (bicyclic) bond motifs is 9. The lowest BCUT2D eigenvalue weighted by molar-refractivity contribution is 0.571. The zero-order chi connectivity index (χ0) is 44.1. The first-order valence-corrected chi connectivity index (χ1v) is 22.6. The minimum atomic E-state index is 0.574. The van der Waals surface area contributed by atoms with Gasteiger partial charge in [0.1, 0.15) is 22.2 Å². The third kappa shape index (κ3) is 6.53. The first-order chi connectivity index (χ1) is 32.7. The van der Waals surface area contributed by atoms with E-state index in [4.69, 9.17) is 23.8 Å². The molecule has 8 aromatic carbocycles. The maximum absolute atomic E-state index is 6.58. The maximum atomic E-state index is 6.58. The van der Waals surface area contributed by atoms with Crippen LogP contribution in [0.5, 0.6) is 0 Å². The van der Waals surface area contributed by atoms with E-state index in [-0.39, 0.29) is 0 Å². The minimum Gasteiger partial charge on any atom is -0.456 e. The molecule has 12 aromatic rings. The smallest absolute Gasteiger partial charge is 0.164 e. The van der Waals surface area contributed by atoms with Gasteiger partial charge in [-0.3, -0.25) is 0 Å². The molecule has 0 fully saturated rings. The molecular weight excluding hydrogens is 809 g/mol. The zero-order valence-electron chi connectivity index (χ0n) is 36.4. The van der Waals surface area contributed by atoms with Crippen LogP contribution in [0.1, 0.15) is 25.8 Å². The lowest BCUT2D eigenvalue weighted by Crippen LogP contribution is -2.22. The second-order valence-electron chi connectivity index (χ2n) is 16.3. The summed E-state index contributed by atoms with van der Waals surface area (Å²) in [6, 6.07) is 65.5. The Labute approximate surface area is 380 Å². The molecule has 0 radical (unpaired) electrons. The summed E-state index contributed by atoms with van der Waals surface area (Å²) in [7, 11) is 0. The van der Waals surface area contributed by atoms with Crippen LogP contribution in [0.25, 0.3) is 117 Å². The minimum absolute atomic E-state index is 0.574. The van der Waals surface area contributed by atoms with E-state index < -0.39 is 0 Å². The fourth-order valence-corrected chi connectivity index (χ4v) is 9.54. The van der Waals surface area contributed by atoms with Gasteiger partial charge in [0.05, 0.1) is 11.0 Å². The van der Waals surface area contributed by atoms with Crippen molar-refractivity contribution in [2.24, 2.45) is 0 Å². The van der Waals surface area contributed by atoms with Crippen molar-refractivity contribution >= 4 is 66.4 Å². The molecule has 0 saturated heterocycles. The number of hydrogen-bond acceptors (Lipinski definition) is 5. The highest BCUT2D eigenvalue weighted by Crippen LogP contribution is 2.40. The van der Waals surface area contributed by atoms with E-state index >= 15 is 0 Å². The molecule has 1 aliphatic carbocycles. The molecule has 0 spiro atoms. The Morgan fingerprint density at radius 1 is 0.439 bits per heavy atom. The number of allylic oxidation sites excluding steroid dienone is 2. The van der Waals surface area contributed by atoms with Gasteiger partial charge in [0.25, 0.3) is 0 Å². The predicted octanol–water partition coefficient (Wildman–Crippen LogP) is 14.2. The summed E-state index contributed by atoms with van der Waals surface area (Å²) in [5.74, 6) is 1.76. The summed E-state index contributed by atoms with van der Waals surface area (Å²) in [4.78, 5) is 15.3. The van der Waals surface area contributed by atoms with Gasteiger partial charge in [0.15, 0.2) is 17.5 Å². The van der Waals surface area contributed by atoms with Gasteiger partial charge in [-0.25, -0.2) is 15.0 Å². The molecule has 0 amide bonds. The zero-order valence-corrected chi connectivity index (χ0v) is 36.4. The van der Waals surface area contributed by atoms with Crippen molar-refractivity contribution in [3.05, 3.63) is 216 Å². The van der Waals surface area contributed by atoms with E-state index in [2.05, 4.69) is 150 Å². The van der Waals surface area contributed by atoms with Crippen molar-refractivity contribution in [1.82, 2.24) is 19.5 Å². The van der Waals surface area contributed by atoms with Crippen LogP contribution in [-0.4, -0.2) is 19.5 Å². The fourth-order valence-electron chi connectivity index (χ4n) is 9.54. The largest absolute Gasteiger partial charge is 0.456 e. The molecule has 4 heterocycles. The van der Waals surface area contributed by atoms with Gasteiger partial charge >= 0.3 is 0 Å². The molecule has 6 heteroatoms. The first kappa shape index (κ1) is 39.0. The molecule has 1 aliphatic rings. The number of para-hydroxylation sites is 4. The van der Waals surface area contributed by atoms with Crippen LogP contribution in [0.15, 0.2) is 209 Å². The van der Waals surface area contributed by atoms with Crippen LogP contribution in [-0.2, 0) is 0 Å². The fraction of sp³-hybridized carbons (Fsp3) is 0.0500. The summed E-state index contributed by atoms with van der Waals surface area (Å²) in [6.07, 6.45) is 7.30. The van der Waals surface area contributed by atoms with Crippen molar-refractivity contribution in [2.45, 2.75) is 20.3 Å². The van der Waals surface area contributed by atoms with E-state index in [0.29, 0.717) is 17.5 Å². The molecule has 0 aliphatic heterocycles. The third-order valence-corrected chi connectivity index (χ3v) is 12.5. The average Bonchev–Trinajstić information content (AvgIpc) is 4.01. The predicted molar refractivity (Wildman–Crippen MR) is 271 cm³/mol. The van der Waals surface area contributed by atoms with E-state index in [1.54, 1.807) is 0 Å². The van der Waals surface area contributed by atoms with E-state index in [1.165, 1.54) is 16.3 Å². The summed E-state index contributed by atoms with van der Waals surface area (Å²) < 4.78 is 15.3. The SMILES string of the molecule is C1=CCC(c2cccc(-c3cccc4c5ccccc5n(-c5cccc(-c6nc(-c7ccccc7)nc(-c7ccc8c(c7)oc7ccccc78)n6)c5)c34)c2)=c2oc3ccccc3c2=C1.CC. The molecule has 0 atom stereocenters. The van der Waals surface area contributed by atoms with E-state index in [9.17, 15) is 0 Å². The summed E-state index contributed by atoms with van der Waals surface area (Å²) >= 11 is 0. The second kappa shape index (κ2) is 16.2. The number of furan rings is 2. The summed E-state index contributed by atoms with van der Waals surface area (Å²) in [5.41, 5.74) is 13.9. The van der Waals surface area contributed by atoms with Gasteiger partial charge in [-0.2, -0.15) is 0 Å². The Balaban J connectivity index is 0.00000225. The van der Waals surface area contributed by atoms with Crippen LogP contribution >= 0.6 is 0 Å². The van der Waals surface area contributed by atoms with Crippen molar-refractivity contribution in [2.75, 3.05) is 0 Å². The highest BCUT2D eigenvalue weighted by atomic mass is 16.3. The Bertz CT molecular complexity index is 4000. The molecule has 4 aromatic heterocycles. The van der Waals surface area contributed by atoms with Crippen LogP contribution < -0.4 is 10.6 Å². The molecular formula is C60H42N4O2. The lowest BCUT2D eigenvalue weighted by atomic mass is 9.96. The quantitative estimate of drug-likeness (QED) is 0.167. The van der Waals surface area contributed by atoms with Crippen molar-refractivity contribution < 1.29 is 8.83 Å². The van der Waals surface area contributed by atoms with Gasteiger partial charge < -0.3 is 13.4 Å². The first-order valence-electron chi connectivity index (χ1n) is 22.6. The van der Waals surface area contributed by atoms with Gasteiger partial charge in [-0.05, 0) is 66.1 Å². The Kier molecular flexibility index (Phi) is 9.57. The topological polar surface area (TPSA) is 69.9 Å². The van der Waals surface area contributed by atoms with Gasteiger partial charge in [0, 0.05) is 65.7 Å². The van der Waals surface area contributed by atoms with Crippen LogP contribution in [0, 0.1) is 0 Å². The van der Waals surface area contributed by atoms with Gasteiger partial charge in [-0.15, -0.1) is 0 Å². The van der Waals surface area contributed by atoms with Crippen molar-refractivity contribution in [1.29, 1.82) is 0 Å². The Morgan fingerprint density at radius 3 is 1.88 bits per heavy atom. The number of aromatic nitrogens is 4. The Hall–Kier alpha value is -8.61. The molecule has 6 nitrogen and oxygen atoms in total. The van der Waals surface area contributed by atoms with E-state index in [1.807, 2.05) is 74.5 Å². The third-order valence-electron chi connectivity index (χ3n) is 12.5. The van der Waals surface area contributed by atoms with Crippen LogP contribution in [0.2, 0.25) is 0 Å². The normalized spacial score (nSPS) is 12.4. The second-order valence-corrected chi connectivity index (χ2v) is 16.3. The average molecular weight is 851 g/mol. The number of rotatable bonds is 6. The standard InChI is InChI=1S/C58H36N4O2.C2H6/c1-2-15-36(16-3-1)56-59-57(61-58(60-56)40-31-32-47-45-23-7-10-29-51(45)63-53(47)35-40)39-19-13-20-41(34-39)62-50-28-9-6-22-44(50)48-27-14-26-42(54(48)62)37-17-12-18-38(33-37)43-21-4-5-25-49-46-24-8-11-30-52(46)64-55(43)49;1-2/h1-20,22-35H,21H2;1-2H3. The molecule has 0 unspecified atom stereocenters. The van der Waals surface area contributed by atoms with Crippen molar-refractivity contribution in [3.63, 3.8) is 0 Å². The summed E-state index contributed by atoms with van der Waals surface area (Å²) in [6.45, 7) is 4.00. The number of hydrogen-bond donors (Lipinski definition) is 0. The molecule has 66 heavy (non-hydrogen) atoms. The molecule has 0 N–H and O–H groups in total. The van der Waals surface area contributed by atoms with Gasteiger partial charge in [-0.1, -0.05) is 172 Å². The molecule has 0 bridgehead atoms. The van der Waals surface area contributed by atoms with E-state index in [0.717, 1.165) is 100 Å². The lowest BCUT2D eigenvalue weighted by Gasteiger charge is -2.14. The monoisotopic (exact) mass is 850 g/mol. The molecule has 13 rings (SSSR count). The molecule has 314 valence electrons. The number of nitrogens with zero attached hydrogens (tertiary/aromatic N) is 4. The summed E-state index contributed by atoms with van der Waals surface area (Å²) in [5, 5.41) is 6.75. The van der Waals surface area contributed by atoms with Crippen LogP contribution in [0.4, 0.5) is 0 Å². The van der Waals surface area contributed by atoms with Gasteiger partial charge in [0.2, 0.25) is 0 Å². The van der Waals surface area contributed by atoms with Crippen LogP contribution in [0.3, 0.4) is 0 Å². The molecule has 0 saturated carbocycles. The maximum Gasteiger partial charge on any atom is 0.164 e. The number of benzene rings is 8. The Morgan fingerprint density at radius 2 is 1.05 bits per heavy atom. The highest BCUT2D eigenvalue weighted by molar-refractivity contribution is 6.14.